The molecule has 0 aromatic carbocycles. The maximum absolute atomic E-state index is 8.38. The van der Waals surface area contributed by atoms with Crippen molar-refractivity contribution in [1.82, 2.24) is 0 Å². The fraction of sp³-hybridized carbons (Fsp3) is 0.556. The van der Waals surface area contributed by atoms with Crippen molar-refractivity contribution in [2.75, 3.05) is 6.61 Å². The lowest BCUT2D eigenvalue weighted by Crippen LogP contribution is -2.16. The summed E-state index contributed by atoms with van der Waals surface area (Å²) in [5.41, 5.74) is 3.11. The third-order valence-corrected chi connectivity index (χ3v) is 1.70. The van der Waals surface area contributed by atoms with Crippen LogP contribution >= 0.6 is 0 Å². The summed E-state index contributed by atoms with van der Waals surface area (Å²) in [5, 5.41) is 8.38. The van der Waals surface area contributed by atoms with Crippen LogP contribution < -0.4 is 0 Å². The molecule has 0 aliphatic rings. The molecule has 0 unspecified atom stereocenters. The molecule has 60 valence electrons. The van der Waals surface area contributed by atoms with E-state index in [-0.39, 0.29) is 6.61 Å². The molecule has 0 spiro atoms. The van der Waals surface area contributed by atoms with Crippen LogP contribution in [0, 0.1) is 23.3 Å². The van der Waals surface area contributed by atoms with Crippen LogP contribution in [0.2, 0.25) is 19.6 Å². The van der Waals surface area contributed by atoms with E-state index in [1.165, 1.54) is 0 Å². The molecule has 0 radical (unpaired) electrons. The van der Waals surface area contributed by atoms with Gasteiger partial charge in [-0.3, -0.25) is 0 Å². The van der Waals surface area contributed by atoms with Crippen molar-refractivity contribution in [3.63, 3.8) is 0 Å². The molecule has 0 heterocycles. The summed E-state index contributed by atoms with van der Waals surface area (Å²) in [6.07, 6.45) is 0.528. The first kappa shape index (κ1) is 10.3. The van der Waals surface area contributed by atoms with Gasteiger partial charge in [0, 0.05) is 6.42 Å². The van der Waals surface area contributed by atoms with E-state index in [1.54, 1.807) is 0 Å². The molecule has 11 heavy (non-hydrogen) atoms. The first-order valence-electron chi connectivity index (χ1n) is 3.67. The van der Waals surface area contributed by atoms with Crippen LogP contribution in [-0.4, -0.2) is 19.8 Å². The molecular weight excluding hydrogens is 152 g/mol. The molecule has 0 saturated carbocycles. The van der Waals surface area contributed by atoms with E-state index < -0.39 is 8.07 Å². The molecule has 2 heteroatoms. The molecule has 1 N–H and O–H groups in total. The van der Waals surface area contributed by atoms with Gasteiger partial charge in [-0.1, -0.05) is 25.6 Å². The van der Waals surface area contributed by atoms with Crippen molar-refractivity contribution in [2.24, 2.45) is 0 Å². The quantitative estimate of drug-likeness (QED) is 0.459. The Morgan fingerprint density at radius 2 is 1.82 bits per heavy atom. The SMILES string of the molecule is C[Si](C)(C)C#CC#CCCO. The predicted molar refractivity (Wildman–Crippen MR) is 50.6 cm³/mol. The van der Waals surface area contributed by atoms with Crippen molar-refractivity contribution >= 4 is 8.07 Å². The first-order chi connectivity index (χ1) is 5.06. The minimum Gasteiger partial charge on any atom is -0.395 e. The van der Waals surface area contributed by atoms with Gasteiger partial charge in [0.05, 0.1) is 6.61 Å². The highest BCUT2D eigenvalue weighted by molar-refractivity contribution is 6.83. The Balaban J connectivity index is 3.84. The summed E-state index contributed by atoms with van der Waals surface area (Å²) in [4.78, 5) is 0. The van der Waals surface area contributed by atoms with Crippen molar-refractivity contribution in [2.45, 2.75) is 26.1 Å². The molecule has 0 amide bonds. The minimum absolute atomic E-state index is 0.127. The Morgan fingerprint density at radius 1 is 1.18 bits per heavy atom. The van der Waals surface area contributed by atoms with E-state index in [0.29, 0.717) is 6.42 Å². The van der Waals surface area contributed by atoms with Crippen LogP contribution in [0.4, 0.5) is 0 Å². The summed E-state index contributed by atoms with van der Waals surface area (Å²) in [6, 6.07) is 0. The van der Waals surface area contributed by atoms with Crippen LogP contribution in [0.3, 0.4) is 0 Å². The van der Waals surface area contributed by atoms with E-state index >= 15 is 0 Å². The summed E-state index contributed by atoms with van der Waals surface area (Å²) < 4.78 is 0. The van der Waals surface area contributed by atoms with Gasteiger partial charge in [0.2, 0.25) is 0 Å². The highest BCUT2D eigenvalue weighted by Gasteiger charge is 2.06. The molecule has 0 fully saturated rings. The van der Waals surface area contributed by atoms with Gasteiger partial charge >= 0.3 is 0 Å². The molecule has 1 nitrogen and oxygen atoms in total. The fourth-order valence-electron chi connectivity index (χ4n) is 0.381. The second kappa shape index (κ2) is 5.01. The van der Waals surface area contributed by atoms with Crippen LogP contribution in [0.15, 0.2) is 0 Å². The molecule has 0 rings (SSSR count). The second-order valence-electron chi connectivity index (χ2n) is 3.28. The highest BCUT2D eigenvalue weighted by atomic mass is 28.3. The largest absolute Gasteiger partial charge is 0.395 e. The first-order valence-corrected chi connectivity index (χ1v) is 7.17. The third kappa shape index (κ3) is 9.30. The van der Waals surface area contributed by atoms with Gasteiger partial charge in [-0.25, -0.2) is 0 Å². The van der Waals surface area contributed by atoms with E-state index in [2.05, 4.69) is 42.9 Å². The average molecular weight is 166 g/mol. The molecule has 0 aliphatic heterocycles. The minimum atomic E-state index is -1.24. The van der Waals surface area contributed by atoms with E-state index in [9.17, 15) is 0 Å². The van der Waals surface area contributed by atoms with Crippen LogP contribution in [0.1, 0.15) is 6.42 Å². The van der Waals surface area contributed by atoms with Crippen LogP contribution in [0.5, 0.6) is 0 Å². The second-order valence-corrected chi connectivity index (χ2v) is 8.03. The van der Waals surface area contributed by atoms with Gasteiger partial charge in [0.25, 0.3) is 0 Å². The standard InChI is InChI=1S/C9H14OSi/c1-11(2,3)9-7-5-4-6-8-10/h10H,6,8H2,1-3H3. The Morgan fingerprint density at radius 3 is 2.27 bits per heavy atom. The molecule has 0 bridgehead atoms. The molecule has 0 atom stereocenters. The Labute approximate surface area is 69.8 Å². The van der Waals surface area contributed by atoms with Crippen molar-refractivity contribution in [3.05, 3.63) is 0 Å². The zero-order valence-electron chi connectivity index (χ0n) is 7.36. The van der Waals surface area contributed by atoms with Gasteiger partial charge in [0.1, 0.15) is 8.07 Å². The Hall–Kier alpha value is -0.703. The Kier molecular flexibility index (Phi) is 4.69. The lowest BCUT2D eigenvalue weighted by molar-refractivity contribution is 0.305. The molecule has 0 aromatic heterocycles. The molecule has 0 aromatic rings. The number of hydrogen-bond donors (Lipinski definition) is 1. The Bertz CT molecular complexity index is 216. The predicted octanol–water partition coefficient (Wildman–Crippen LogP) is 1.25. The normalized spacial score (nSPS) is 9.09. The molecule has 0 saturated heterocycles. The zero-order chi connectivity index (χ0) is 8.74. The topological polar surface area (TPSA) is 20.2 Å². The molecule has 0 aliphatic carbocycles. The smallest absolute Gasteiger partial charge is 0.130 e. The van der Waals surface area contributed by atoms with Gasteiger partial charge in [-0.05, 0) is 11.8 Å². The lowest BCUT2D eigenvalue weighted by atomic mass is 10.4. The van der Waals surface area contributed by atoms with Gasteiger partial charge in [-0.2, -0.15) is 0 Å². The summed E-state index contributed by atoms with van der Waals surface area (Å²) in [6.45, 7) is 6.65. The average Bonchev–Trinajstić information content (AvgIpc) is 1.85. The van der Waals surface area contributed by atoms with E-state index in [1.807, 2.05) is 0 Å². The fourth-order valence-corrected chi connectivity index (χ4v) is 0.819. The number of aliphatic hydroxyl groups is 1. The number of rotatable bonds is 1. The van der Waals surface area contributed by atoms with Crippen molar-refractivity contribution < 1.29 is 5.11 Å². The van der Waals surface area contributed by atoms with Gasteiger partial charge in [-0.15, -0.1) is 5.54 Å². The summed E-state index contributed by atoms with van der Waals surface area (Å²) in [5.74, 6) is 8.26. The maximum Gasteiger partial charge on any atom is 0.130 e. The van der Waals surface area contributed by atoms with Crippen LogP contribution in [-0.2, 0) is 0 Å². The third-order valence-electron chi connectivity index (χ3n) is 0.825. The monoisotopic (exact) mass is 166 g/mol. The number of hydrogen-bond acceptors (Lipinski definition) is 1. The van der Waals surface area contributed by atoms with Crippen molar-refractivity contribution in [3.8, 4) is 23.3 Å². The lowest BCUT2D eigenvalue weighted by Gasteiger charge is -2.01. The van der Waals surface area contributed by atoms with E-state index in [0.717, 1.165) is 0 Å². The highest BCUT2D eigenvalue weighted by Crippen LogP contribution is 1.95. The maximum atomic E-state index is 8.38. The summed E-state index contributed by atoms with van der Waals surface area (Å²) >= 11 is 0. The summed E-state index contributed by atoms with van der Waals surface area (Å²) in [7, 11) is -1.24. The van der Waals surface area contributed by atoms with Gasteiger partial charge < -0.3 is 5.11 Å². The zero-order valence-corrected chi connectivity index (χ0v) is 8.36. The number of aliphatic hydroxyl groups excluding tert-OH is 1. The van der Waals surface area contributed by atoms with E-state index in [4.69, 9.17) is 5.11 Å². The van der Waals surface area contributed by atoms with Crippen molar-refractivity contribution in [1.29, 1.82) is 0 Å². The van der Waals surface area contributed by atoms with Gasteiger partial charge in [0.15, 0.2) is 0 Å². The molecular formula is C9H14OSi. The van der Waals surface area contributed by atoms with Crippen LogP contribution in [0.25, 0.3) is 0 Å².